The highest BCUT2D eigenvalue weighted by atomic mass is 16.3. The van der Waals surface area contributed by atoms with E-state index in [0.29, 0.717) is 5.56 Å². The normalized spacial score (nSPS) is 22.7. The molecule has 2 rings (SSSR count). The van der Waals surface area contributed by atoms with E-state index in [1.165, 1.54) is 20.8 Å². The van der Waals surface area contributed by atoms with Crippen molar-refractivity contribution in [3.8, 4) is 0 Å². The van der Waals surface area contributed by atoms with Gasteiger partial charge in [0.2, 0.25) is 29.5 Å². The first-order chi connectivity index (χ1) is 29.7. The van der Waals surface area contributed by atoms with Crippen molar-refractivity contribution in [3.63, 3.8) is 0 Å². The summed E-state index contributed by atoms with van der Waals surface area (Å²) < 4.78 is 0. The van der Waals surface area contributed by atoms with Crippen molar-refractivity contribution in [1.82, 2.24) is 26.6 Å². The maximum absolute atomic E-state index is 14.0. The minimum absolute atomic E-state index is 0.0489. The molecule has 1 aromatic carbocycles. The zero-order valence-electron chi connectivity index (χ0n) is 36.1. The Morgan fingerprint density at radius 3 is 2.14 bits per heavy atom. The number of aliphatic hydroxyl groups excluding tert-OH is 2. The molecule has 21 heteroatoms. The Bertz CT molecular complexity index is 1820. The maximum atomic E-state index is 14.0. The molecule has 5 amide bonds. The van der Waals surface area contributed by atoms with Gasteiger partial charge in [0.25, 0.3) is 0 Å². The van der Waals surface area contributed by atoms with Gasteiger partial charge >= 0.3 is 0 Å². The van der Waals surface area contributed by atoms with Crippen molar-refractivity contribution < 1.29 is 58.2 Å². The number of hydrogen-bond acceptors (Lipinski definition) is 14. The van der Waals surface area contributed by atoms with Crippen LogP contribution < -0.4 is 43.8 Å². The van der Waals surface area contributed by atoms with Crippen molar-refractivity contribution in [1.29, 1.82) is 0 Å². The molecule has 0 spiro atoms. The van der Waals surface area contributed by atoms with E-state index in [1.54, 1.807) is 30.3 Å². The number of nitrogens with zero attached hydrogens (tertiary/aromatic N) is 1. The molecule has 1 saturated heterocycles. The number of nitrogens with two attached hydrogens (primary N) is 3. The molecule has 1 heterocycles. The van der Waals surface area contributed by atoms with E-state index < -0.39 is 139 Å². The number of ketones is 5. The Morgan fingerprint density at radius 2 is 1.54 bits per heavy atom. The first-order valence-corrected chi connectivity index (χ1v) is 20.9. The fourth-order valence-corrected chi connectivity index (χ4v) is 6.83. The summed E-state index contributed by atoms with van der Waals surface area (Å²) in [4.78, 5) is 137. The Labute approximate surface area is 365 Å². The fourth-order valence-electron chi connectivity index (χ4n) is 6.83. The Hall–Kier alpha value is -5.93. The number of rotatable bonds is 17. The van der Waals surface area contributed by atoms with Gasteiger partial charge in [-0.25, -0.2) is 0 Å². The third-order valence-electron chi connectivity index (χ3n) is 10.5. The van der Waals surface area contributed by atoms with Crippen LogP contribution in [-0.4, -0.2) is 131 Å². The number of amides is 5. The molecule has 0 unspecified atom stereocenters. The number of carbonyl (C=O) groups is 10. The zero-order valence-corrected chi connectivity index (χ0v) is 36.1. The van der Waals surface area contributed by atoms with Crippen LogP contribution in [0, 0.1) is 17.8 Å². The number of guanidine groups is 1. The van der Waals surface area contributed by atoms with Crippen molar-refractivity contribution in [2.24, 2.45) is 39.9 Å². The molecule has 1 aliphatic rings. The van der Waals surface area contributed by atoms with Gasteiger partial charge in [0.15, 0.2) is 11.7 Å². The van der Waals surface area contributed by atoms with E-state index in [-0.39, 0.29) is 64.1 Å². The van der Waals surface area contributed by atoms with E-state index in [1.807, 2.05) is 0 Å². The van der Waals surface area contributed by atoms with Crippen LogP contribution in [0.25, 0.3) is 0 Å². The second-order valence-corrected chi connectivity index (χ2v) is 15.8. The molecule has 1 fully saturated rings. The topological polar surface area (TPSA) is 362 Å². The summed E-state index contributed by atoms with van der Waals surface area (Å²) in [7, 11) is 0. The molecule has 8 atom stereocenters. The van der Waals surface area contributed by atoms with Crippen LogP contribution in [0.2, 0.25) is 0 Å². The van der Waals surface area contributed by atoms with Crippen LogP contribution in [0.15, 0.2) is 35.3 Å². The predicted octanol–water partition coefficient (Wildman–Crippen LogP) is -2.85. The lowest BCUT2D eigenvalue weighted by molar-refractivity contribution is -0.137. The van der Waals surface area contributed by atoms with Crippen LogP contribution in [0.1, 0.15) is 84.1 Å². The van der Waals surface area contributed by atoms with Crippen LogP contribution in [0.5, 0.6) is 0 Å². The maximum Gasteiger partial charge on any atom is 0.243 e. The highest BCUT2D eigenvalue weighted by Crippen LogP contribution is 2.24. The van der Waals surface area contributed by atoms with Gasteiger partial charge in [-0.3, -0.25) is 52.9 Å². The van der Waals surface area contributed by atoms with E-state index in [4.69, 9.17) is 17.2 Å². The van der Waals surface area contributed by atoms with Gasteiger partial charge in [0.1, 0.15) is 41.3 Å². The van der Waals surface area contributed by atoms with Crippen molar-refractivity contribution in [3.05, 3.63) is 35.9 Å². The smallest absolute Gasteiger partial charge is 0.243 e. The molecule has 0 aromatic heterocycles. The van der Waals surface area contributed by atoms with Gasteiger partial charge in [-0.15, -0.1) is 0 Å². The molecule has 13 N–H and O–H groups in total. The minimum Gasteiger partial charge on any atom is -0.393 e. The van der Waals surface area contributed by atoms with Gasteiger partial charge in [-0.1, -0.05) is 30.3 Å². The summed E-state index contributed by atoms with van der Waals surface area (Å²) >= 11 is 0. The van der Waals surface area contributed by atoms with Gasteiger partial charge in [-0.2, -0.15) is 0 Å². The van der Waals surface area contributed by atoms with Crippen LogP contribution in [0.4, 0.5) is 0 Å². The monoisotopic (exact) mass is 885 g/mol. The van der Waals surface area contributed by atoms with Gasteiger partial charge in [0, 0.05) is 69.9 Å². The molecule has 63 heavy (non-hydrogen) atoms. The number of hydrogen-bond donors (Lipinski definition) is 10. The number of aliphatic hydroxyl groups is 2. The summed E-state index contributed by atoms with van der Waals surface area (Å²) in [5.74, 6) is -11.2. The molecule has 21 nitrogen and oxygen atoms in total. The molecule has 0 aliphatic carbocycles. The first-order valence-electron chi connectivity index (χ1n) is 20.9. The molecule has 0 radical (unpaired) electrons. The van der Waals surface area contributed by atoms with Crippen molar-refractivity contribution >= 4 is 64.4 Å². The van der Waals surface area contributed by atoms with E-state index >= 15 is 0 Å². The second kappa shape index (κ2) is 27.2. The van der Waals surface area contributed by atoms with Gasteiger partial charge < -0.3 is 54.0 Å². The summed E-state index contributed by atoms with van der Waals surface area (Å²) in [6.45, 7) is 2.55. The lowest BCUT2D eigenvalue weighted by Crippen LogP contribution is -2.57. The minimum atomic E-state index is -1.42. The number of nitrogens with one attached hydrogen (secondary N) is 5. The Kier molecular flexibility index (Phi) is 23.0. The third kappa shape index (κ3) is 19.8. The van der Waals surface area contributed by atoms with E-state index in [2.05, 4.69) is 31.6 Å². The molecule has 1 aliphatic heterocycles. The van der Waals surface area contributed by atoms with Crippen molar-refractivity contribution in [2.45, 2.75) is 115 Å². The number of aliphatic imine (C=N–C) groups is 1. The average molecular weight is 886 g/mol. The quantitative estimate of drug-likeness (QED) is 0.0428. The Morgan fingerprint density at radius 1 is 0.873 bits per heavy atom. The van der Waals surface area contributed by atoms with Crippen molar-refractivity contribution in [2.75, 3.05) is 26.2 Å². The fraction of sp³-hybridized carbons (Fsp3) is 0.595. The second-order valence-electron chi connectivity index (χ2n) is 15.8. The van der Waals surface area contributed by atoms with Crippen LogP contribution >= 0.6 is 0 Å². The molecule has 0 saturated carbocycles. The summed E-state index contributed by atoms with van der Waals surface area (Å²) in [6, 6.07) is 4.48. The largest absolute Gasteiger partial charge is 0.393 e. The molecular formula is C42H63N9O12. The molecule has 348 valence electrons. The standard InChI is InChI=1S/C42H63N9O12/c1-23(52)30(24(2)53)20-35(57)27-17-36(58)31(25(3)54)19-29(56)22-48-39(61)34(16-26-8-5-4-6-9-26)51-40(62)32(10-7-14-47-42(44)45)50-41(63)33(13-15-46-38(60)18-27)49-37(59)12-11-28(55)21-43/h4-6,8-9,23,25,27,30-34,52,54H,7,10-22,43H2,1-3H3,(H,46,60)(H,48,61)(H,49,59)(H,50,63)(H,51,62)(H4,44,45,47)/t23-,25-,27+,30+,31+,32+,33+,34+/m1/s1. The summed E-state index contributed by atoms with van der Waals surface area (Å²) in [6.07, 6.45) is -5.83. The summed E-state index contributed by atoms with van der Waals surface area (Å²) in [5.41, 5.74) is 16.9. The Balaban J connectivity index is 2.63. The lowest BCUT2D eigenvalue weighted by Gasteiger charge is -2.25. The highest BCUT2D eigenvalue weighted by Gasteiger charge is 2.35. The number of benzene rings is 1. The average Bonchev–Trinajstić information content (AvgIpc) is 3.22. The van der Waals surface area contributed by atoms with Crippen LogP contribution in [0.3, 0.4) is 0 Å². The van der Waals surface area contributed by atoms with Gasteiger partial charge in [0.05, 0.1) is 31.2 Å². The van der Waals surface area contributed by atoms with E-state index in [9.17, 15) is 58.2 Å². The molecular weight excluding hydrogens is 823 g/mol. The predicted molar refractivity (Wildman–Crippen MR) is 228 cm³/mol. The number of Topliss-reactive ketones (excluding diaryl/α,β-unsaturated/α-hetero) is 5. The first kappa shape index (κ1) is 53.2. The zero-order chi connectivity index (χ0) is 47.2. The van der Waals surface area contributed by atoms with E-state index in [0.717, 1.165) is 0 Å². The van der Waals surface area contributed by atoms with Gasteiger partial charge in [-0.05, 0) is 45.6 Å². The lowest BCUT2D eigenvalue weighted by atomic mass is 9.81. The summed E-state index contributed by atoms with van der Waals surface area (Å²) in [5, 5.41) is 33.6. The van der Waals surface area contributed by atoms with Crippen LogP contribution in [-0.2, 0) is 54.4 Å². The molecule has 0 bridgehead atoms. The number of carbonyl (C=O) groups excluding carboxylic acids is 10. The highest BCUT2D eigenvalue weighted by molar-refractivity contribution is 5.98. The molecule has 1 aromatic rings. The SMILES string of the molecule is CC(=O)[C@@H](CC(=O)[C@@H]1CC(=O)NCC[C@H](NC(=O)CCC(=O)CN)C(=O)N[C@@H](CCCN=C(N)N)C(=O)N[C@@H](Cc2ccccc2)C(=O)NCC(=O)C[C@@H]([C@@H](C)O)C(=O)C1)[C@@H](C)O. The third-order valence-corrected chi connectivity index (χ3v) is 10.5.